The van der Waals surface area contributed by atoms with Gasteiger partial charge in [0.15, 0.2) is 5.65 Å². The van der Waals surface area contributed by atoms with Crippen LogP contribution in [0, 0.1) is 12.7 Å². The van der Waals surface area contributed by atoms with Crippen LogP contribution in [0.4, 0.5) is 32.0 Å². The summed E-state index contributed by atoms with van der Waals surface area (Å²) < 4.78 is 84.2. The predicted octanol–water partition coefficient (Wildman–Crippen LogP) is 6.24. The molecular weight excluding hydrogens is 524 g/mol. The van der Waals surface area contributed by atoms with Crippen molar-refractivity contribution in [3.63, 3.8) is 0 Å². The SMILES string of the molecule is Cc1cc(-c2cnc3c(NCCC(F)(F)F)cc(C(F)(F)c4cccc(F)c4)nn23)ccc1C(=O)NC1CC1. The van der Waals surface area contributed by atoms with Crippen LogP contribution in [0.1, 0.15) is 46.4 Å². The largest absolute Gasteiger partial charge is 0.390 e. The molecule has 6 nitrogen and oxygen atoms in total. The van der Waals surface area contributed by atoms with Gasteiger partial charge in [0, 0.05) is 29.3 Å². The Bertz CT molecular complexity index is 1540. The molecule has 12 heteroatoms. The number of alkyl halides is 5. The molecule has 4 aromatic rings. The highest BCUT2D eigenvalue weighted by molar-refractivity contribution is 5.96. The van der Waals surface area contributed by atoms with E-state index in [-0.39, 0.29) is 29.0 Å². The predicted molar refractivity (Wildman–Crippen MR) is 132 cm³/mol. The van der Waals surface area contributed by atoms with Crippen molar-refractivity contribution < 1.29 is 31.1 Å². The highest BCUT2D eigenvalue weighted by Crippen LogP contribution is 2.37. The standard InChI is InChI=1S/C27H23F6N5O/c1-15-11-16(5-8-20(15)25(39)36-19-6-7-19)22-14-35-24-21(34-10-9-26(29,30)31)13-23(37-38(22)24)27(32,33)17-3-2-4-18(28)12-17/h2-5,8,11-14,19,34H,6-7,9-10H2,1H3,(H,36,39). The minimum absolute atomic E-state index is 0.0270. The van der Waals surface area contributed by atoms with E-state index in [2.05, 4.69) is 20.7 Å². The lowest BCUT2D eigenvalue weighted by atomic mass is 10.0. The number of nitrogens with zero attached hydrogens (tertiary/aromatic N) is 3. The Morgan fingerprint density at radius 1 is 1.08 bits per heavy atom. The topological polar surface area (TPSA) is 71.3 Å². The van der Waals surface area contributed by atoms with Crippen LogP contribution in [-0.4, -0.2) is 39.3 Å². The normalized spacial score (nSPS) is 14.0. The summed E-state index contributed by atoms with van der Waals surface area (Å²) in [5.74, 6) is -4.87. The molecule has 0 bridgehead atoms. The molecule has 1 aliphatic rings. The number of hydrogen-bond acceptors (Lipinski definition) is 4. The van der Waals surface area contributed by atoms with E-state index in [0.29, 0.717) is 22.8 Å². The zero-order chi connectivity index (χ0) is 27.9. The molecule has 0 aliphatic heterocycles. The molecule has 0 atom stereocenters. The summed E-state index contributed by atoms with van der Waals surface area (Å²) >= 11 is 0. The number of aryl methyl sites for hydroxylation is 1. The number of nitrogens with one attached hydrogen (secondary N) is 2. The molecule has 1 amide bonds. The number of hydrogen-bond donors (Lipinski definition) is 2. The maximum atomic E-state index is 15.5. The first-order chi connectivity index (χ1) is 18.4. The van der Waals surface area contributed by atoms with Gasteiger partial charge in [-0.1, -0.05) is 18.2 Å². The summed E-state index contributed by atoms with van der Waals surface area (Å²) in [5, 5.41) is 9.53. The second kappa shape index (κ2) is 9.90. The van der Waals surface area contributed by atoms with Gasteiger partial charge in [0.1, 0.15) is 11.5 Å². The van der Waals surface area contributed by atoms with Crippen molar-refractivity contribution in [2.24, 2.45) is 0 Å². The Kier molecular flexibility index (Phi) is 6.73. The highest BCUT2D eigenvalue weighted by Gasteiger charge is 2.38. The van der Waals surface area contributed by atoms with Gasteiger partial charge in [0.2, 0.25) is 0 Å². The van der Waals surface area contributed by atoms with Crippen LogP contribution in [0.15, 0.2) is 54.7 Å². The van der Waals surface area contributed by atoms with E-state index in [4.69, 9.17) is 0 Å². The summed E-state index contributed by atoms with van der Waals surface area (Å²) in [7, 11) is 0. The number of halogens is 6. The van der Waals surface area contributed by atoms with Crippen LogP contribution in [0.5, 0.6) is 0 Å². The molecule has 39 heavy (non-hydrogen) atoms. The van der Waals surface area contributed by atoms with Crippen LogP contribution >= 0.6 is 0 Å². The number of carbonyl (C=O) groups is 1. The van der Waals surface area contributed by atoms with E-state index < -0.39 is 42.1 Å². The van der Waals surface area contributed by atoms with Gasteiger partial charge < -0.3 is 10.6 Å². The van der Waals surface area contributed by atoms with Gasteiger partial charge >= 0.3 is 12.1 Å². The third-order valence-electron chi connectivity index (χ3n) is 6.38. The van der Waals surface area contributed by atoms with Gasteiger partial charge in [-0.3, -0.25) is 4.79 Å². The summed E-state index contributed by atoms with van der Waals surface area (Å²) in [6, 6.07) is 9.86. The van der Waals surface area contributed by atoms with Gasteiger partial charge in [-0.15, -0.1) is 0 Å². The molecule has 1 saturated carbocycles. The first kappa shape index (κ1) is 26.5. The minimum Gasteiger partial charge on any atom is -0.382 e. The summed E-state index contributed by atoms with van der Waals surface area (Å²) in [6.07, 6.45) is -2.44. The van der Waals surface area contributed by atoms with Crippen molar-refractivity contribution in [2.45, 2.75) is 44.3 Å². The molecule has 0 saturated heterocycles. The summed E-state index contributed by atoms with van der Waals surface area (Å²) in [6.45, 7) is 1.15. The number of carbonyl (C=O) groups excluding carboxylic acids is 1. The van der Waals surface area contributed by atoms with E-state index in [1.807, 2.05) is 0 Å². The van der Waals surface area contributed by atoms with Crippen molar-refractivity contribution >= 4 is 17.2 Å². The first-order valence-electron chi connectivity index (χ1n) is 12.2. The Balaban J connectivity index is 1.58. The van der Waals surface area contributed by atoms with Gasteiger partial charge in [0.05, 0.1) is 24.0 Å². The molecule has 0 radical (unpaired) electrons. The number of fused-ring (bicyclic) bond motifs is 1. The molecule has 2 N–H and O–H groups in total. The Hall–Kier alpha value is -4.09. The third kappa shape index (κ3) is 5.69. The molecule has 0 unspecified atom stereocenters. The molecule has 2 heterocycles. The Morgan fingerprint density at radius 2 is 1.85 bits per heavy atom. The van der Waals surface area contributed by atoms with Crippen molar-refractivity contribution in [1.29, 1.82) is 0 Å². The lowest BCUT2D eigenvalue weighted by molar-refractivity contribution is -0.131. The number of aromatic nitrogens is 3. The van der Waals surface area contributed by atoms with Gasteiger partial charge in [-0.25, -0.2) is 13.9 Å². The van der Waals surface area contributed by atoms with E-state index in [9.17, 15) is 22.4 Å². The van der Waals surface area contributed by atoms with Gasteiger partial charge in [-0.2, -0.15) is 27.1 Å². The van der Waals surface area contributed by atoms with Crippen LogP contribution in [-0.2, 0) is 5.92 Å². The first-order valence-corrected chi connectivity index (χ1v) is 12.2. The van der Waals surface area contributed by atoms with Crippen LogP contribution in [0.3, 0.4) is 0 Å². The van der Waals surface area contributed by atoms with Crippen LogP contribution in [0.2, 0.25) is 0 Å². The summed E-state index contributed by atoms with van der Waals surface area (Å²) in [4.78, 5) is 16.7. The summed E-state index contributed by atoms with van der Waals surface area (Å²) in [5.41, 5.74) is 0.320. The lowest BCUT2D eigenvalue weighted by Gasteiger charge is -2.19. The second-order valence-electron chi connectivity index (χ2n) is 9.48. The fourth-order valence-corrected chi connectivity index (χ4v) is 4.19. The van der Waals surface area contributed by atoms with Crippen LogP contribution < -0.4 is 10.6 Å². The van der Waals surface area contributed by atoms with E-state index >= 15 is 8.78 Å². The number of anilines is 1. The molecular formula is C27H23F6N5O. The van der Waals surface area contributed by atoms with Gasteiger partial charge in [-0.05, 0) is 55.7 Å². The molecule has 2 aromatic heterocycles. The minimum atomic E-state index is -4.46. The fraction of sp³-hybridized carbons (Fsp3) is 0.296. The smallest absolute Gasteiger partial charge is 0.382 e. The zero-order valence-corrected chi connectivity index (χ0v) is 20.6. The van der Waals surface area contributed by atoms with E-state index in [1.54, 1.807) is 25.1 Å². The molecule has 0 spiro atoms. The number of imidazole rings is 1. The average molecular weight is 548 g/mol. The monoisotopic (exact) mass is 547 g/mol. The maximum absolute atomic E-state index is 15.5. The van der Waals surface area contributed by atoms with E-state index in [0.717, 1.165) is 41.6 Å². The lowest BCUT2D eigenvalue weighted by Crippen LogP contribution is -2.26. The maximum Gasteiger partial charge on any atom is 0.390 e. The number of benzene rings is 2. The average Bonchev–Trinajstić information content (AvgIpc) is 3.57. The molecule has 5 rings (SSSR count). The molecule has 2 aromatic carbocycles. The zero-order valence-electron chi connectivity index (χ0n) is 20.6. The molecule has 1 aliphatic carbocycles. The number of amides is 1. The van der Waals surface area contributed by atoms with Crippen molar-refractivity contribution in [3.8, 4) is 11.3 Å². The third-order valence-corrected chi connectivity index (χ3v) is 6.38. The van der Waals surface area contributed by atoms with Crippen molar-refractivity contribution in [2.75, 3.05) is 11.9 Å². The Morgan fingerprint density at radius 3 is 2.51 bits per heavy atom. The Labute approximate surface area is 219 Å². The van der Waals surface area contributed by atoms with Gasteiger partial charge in [0.25, 0.3) is 5.91 Å². The second-order valence-corrected chi connectivity index (χ2v) is 9.48. The van der Waals surface area contributed by atoms with Crippen molar-refractivity contribution in [3.05, 3.63) is 82.9 Å². The molecule has 1 fully saturated rings. The quantitative estimate of drug-likeness (QED) is 0.256. The van der Waals surface area contributed by atoms with E-state index in [1.165, 1.54) is 6.20 Å². The molecule has 204 valence electrons. The highest BCUT2D eigenvalue weighted by atomic mass is 19.4. The van der Waals surface area contributed by atoms with Crippen LogP contribution in [0.25, 0.3) is 16.9 Å². The van der Waals surface area contributed by atoms with Crippen molar-refractivity contribution in [1.82, 2.24) is 19.9 Å². The fourth-order valence-electron chi connectivity index (χ4n) is 4.19. The number of rotatable bonds is 8.